The van der Waals surface area contributed by atoms with Crippen molar-refractivity contribution in [3.63, 3.8) is 0 Å². The Labute approximate surface area is 117 Å². The molecule has 0 saturated carbocycles. The molecule has 0 aromatic carbocycles. The van der Waals surface area contributed by atoms with Crippen LogP contribution in [0.2, 0.25) is 0 Å². The van der Waals surface area contributed by atoms with Crippen LogP contribution in [0.25, 0.3) is 0 Å². The molecule has 1 aromatic rings. The van der Waals surface area contributed by atoms with Crippen molar-refractivity contribution in [3.8, 4) is 0 Å². The summed E-state index contributed by atoms with van der Waals surface area (Å²) >= 11 is 0. The molecule has 1 atom stereocenters. The fourth-order valence-corrected chi connectivity index (χ4v) is 3.15. The first-order valence-electron chi connectivity index (χ1n) is 7.85. The Bertz CT molecular complexity index is 391. The number of hydrogen-bond donors (Lipinski definition) is 1. The Morgan fingerprint density at radius 1 is 1.21 bits per heavy atom. The van der Waals surface area contributed by atoms with E-state index in [2.05, 4.69) is 47.8 Å². The van der Waals surface area contributed by atoms with E-state index in [0.29, 0.717) is 17.9 Å². The highest BCUT2D eigenvalue weighted by Gasteiger charge is 2.29. The third kappa shape index (κ3) is 2.99. The zero-order chi connectivity index (χ0) is 13.8. The van der Waals surface area contributed by atoms with Crippen LogP contribution in [0.15, 0.2) is 0 Å². The first kappa shape index (κ1) is 14.5. The van der Waals surface area contributed by atoms with Gasteiger partial charge in [-0.3, -0.25) is 0 Å². The zero-order valence-corrected chi connectivity index (χ0v) is 12.8. The van der Waals surface area contributed by atoms with Gasteiger partial charge in [-0.05, 0) is 18.8 Å². The van der Waals surface area contributed by atoms with Gasteiger partial charge in [0.15, 0.2) is 5.82 Å². The Kier molecular flexibility index (Phi) is 4.97. The molecule has 0 spiro atoms. The van der Waals surface area contributed by atoms with Crippen LogP contribution in [-0.2, 0) is 6.54 Å². The third-order valence-electron chi connectivity index (χ3n) is 4.09. The van der Waals surface area contributed by atoms with Gasteiger partial charge < -0.3 is 9.88 Å². The summed E-state index contributed by atoms with van der Waals surface area (Å²) in [5, 5.41) is 12.6. The van der Waals surface area contributed by atoms with E-state index in [9.17, 15) is 0 Å². The lowest BCUT2D eigenvalue weighted by molar-refractivity contribution is 0.331. The fraction of sp³-hybridized carbons (Fsp3) is 0.867. The van der Waals surface area contributed by atoms with Crippen LogP contribution in [0.1, 0.15) is 77.0 Å². The van der Waals surface area contributed by atoms with Gasteiger partial charge in [0.25, 0.3) is 0 Å². The van der Waals surface area contributed by atoms with E-state index >= 15 is 0 Å². The number of nitrogens with zero attached hydrogens (tertiary/aromatic N) is 3. The summed E-state index contributed by atoms with van der Waals surface area (Å²) in [5.41, 5.74) is 0. The van der Waals surface area contributed by atoms with Crippen LogP contribution >= 0.6 is 0 Å². The van der Waals surface area contributed by atoms with Gasteiger partial charge in [-0.15, -0.1) is 10.2 Å². The smallest absolute Gasteiger partial charge is 0.150 e. The van der Waals surface area contributed by atoms with Crippen molar-refractivity contribution in [2.75, 3.05) is 6.54 Å². The monoisotopic (exact) mass is 264 g/mol. The Morgan fingerprint density at radius 2 is 1.89 bits per heavy atom. The van der Waals surface area contributed by atoms with Crippen molar-refractivity contribution in [3.05, 3.63) is 11.6 Å². The van der Waals surface area contributed by atoms with Gasteiger partial charge in [-0.2, -0.15) is 0 Å². The molecule has 2 heterocycles. The molecule has 2 rings (SSSR count). The van der Waals surface area contributed by atoms with E-state index in [4.69, 9.17) is 0 Å². The molecule has 0 aliphatic carbocycles. The molecule has 4 nitrogen and oxygen atoms in total. The lowest BCUT2D eigenvalue weighted by Crippen LogP contribution is -2.37. The summed E-state index contributed by atoms with van der Waals surface area (Å²) in [6.07, 6.45) is 4.90. The Balaban J connectivity index is 2.28. The largest absolute Gasteiger partial charge is 0.312 e. The van der Waals surface area contributed by atoms with Gasteiger partial charge in [0.1, 0.15) is 5.82 Å². The summed E-state index contributed by atoms with van der Waals surface area (Å²) in [6.45, 7) is 11.1. The highest BCUT2D eigenvalue weighted by Crippen LogP contribution is 2.30. The van der Waals surface area contributed by atoms with Crippen molar-refractivity contribution in [1.82, 2.24) is 20.1 Å². The van der Waals surface area contributed by atoms with Crippen LogP contribution in [-0.4, -0.2) is 21.3 Å². The fourth-order valence-electron chi connectivity index (χ4n) is 3.15. The number of nitrogens with one attached hydrogen (secondary N) is 1. The summed E-state index contributed by atoms with van der Waals surface area (Å²) in [7, 11) is 0. The molecule has 0 saturated heterocycles. The average molecular weight is 264 g/mol. The van der Waals surface area contributed by atoms with E-state index in [1.807, 2.05) is 0 Å². The molecule has 108 valence electrons. The first-order chi connectivity index (χ1) is 9.19. The summed E-state index contributed by atoms with van der Waals surface area (Å²) in [5.74, 6) is 3.52. The molecule has 1 aliphatic rings. The van der Waals surface area contributed by atoms with Gasteiger partial charge in [0.05, 0.1) is 6.04 Å². The molecule has 4 heteroatoms. The highest BCUT2D eigenvalue weighted by molar-refractivity contribution is 5.09. The summed E-state index contributed by atoms with van der Waals surface area (Å²) in [4.78, 5) is 0. The van der Waals surface area contributed by atoms with Crippen LogP contribution in [0.3, 0.4) is 0 Å². The van der Waals surface area contributed by atoms with Gasteiger partial charge >= 0.3 is 0 Å². The van der Waals surface area contributed by atoms with Crippen molar-refractivity contribution in [2.24, 2.45) is 5.92 Å². The van der Waals surface area contributed by atoms with Crippen LogP contribution in [0.5, 0.6) is 0 Å². The summed E-state index contributed by atoms with van der Waals surface area (Å²) in [6, 6.07) is 0.360. The maximum atomic E-state index is 4.54. The number of rotatable bonds is 6. The highest BCUT2D eigenvalue weighted by atomic mass is 15.3. The molecule has 0 fully saturated rings. The van der Waals surface area contributed by atoms with E-state index in [1.165, 1.54) is 31.5 Å². The van der Waals surface area contributed by atoms with Gasteiger partial charge in [0.2, 0.25) is 0 Å². The lowest BCUT2D eigenvalue weighted by atomic mass is 9.96. The van der Waals surface area contributed by atoms with Crippen molar-refractivity contribution in [1.29, 1.82) is 0 Å². The van der Waals surface area contributed by atoms with Gasteiger partial charge in [0, 0.05) is 19.0 Å². The standard InChI is InChI=1S/C15H28N4/c1-5-7-12(8-6-2)14-17-18-15-13(11(3)4)16-9-10-19(14)15/h11-13,16H,5-10H2,1-4H3. The van der Waals surface area contributed by atoms with E-state index in [1.54, 1.807) is 0 Å². The average Bonchev–Trinajstić information content (AvgIpc) is 2.81. The number of hydrogen-bond acceptors (Lipinski definition) is 3. The molecular formula is C15H28N4. The van der Waals surface area contributed by atoms with Crippen LogP contribution in [0.4, 0.5) is 0 Å². The van der Waals surface area contributed by atoms with E-state index < -0.39 is 0 Å². The zero-order valence-electron chi connectivity index (χ0n) is 12.8. The molecule has 1 unspecified atom stereocenters. The van der Waals surface area contributed by atoms with Crippen molar-refractivity contribution in [2.45, 2.75) is 71.9 Å². The third-order valence-corrected chi connectivity index (χ3v) is 4.09. The predicted octanol–water partition coefficient (Wildman–Crippen LogP) is 3.26. The molecule has 1 N–H and O–H groups in total. The molecule has 0 bridgehead atoms. The number of aromatic nitrogens is 3. The summed E-state index contributed by atoms with van der Waals surface area (Å²) < 4.78 is 2.39. The van der Waals surface area contributed by atoms with E-state index in [0.717, 1.165) is 18.9 Å². The maximum Gasteiger partial charge on any atom is 0.150 e. The van der Waals surface area contributed by atoms with Crippen molar-refractivity contribution < 1.29 is 0 Å². The minimum absolute atomic E-state index is 0.360. The second-order valence-corrected chi connectivity index (χ2v) is 6.02. The van der Waals surface area contributed by atoms with Crippen LogP contribution in [0, 0.1) is 5.92 Å². The molecule has 1 aromatic heterocycles. The van der Waals surface area contributed by atoms with Crippen molar-refractivity contribution >= 4 is 0 Å². The second-order valence-electron chi connectivity index (χ2n) is 6.02. The topological polar surface area (TPSA) is 42.7 Å². The molecule has 19 heavy (non-hydrogen) atoms. The molecule has 0 amide bonds. The van der Waals surface area contributed by atoms with Gasteiger partial charge in [-0.1, -0.05) is 40.5 Å². The lowest BCUT2D eigenvalue weighted by Gasteiger charge is -2.28. The molecular weight excluding hydrogens is 236 g/mol. The first-order valence-corrected chi connectivity index (χ1v) is 7.85. The minimum Gasteiger partial charge on any atom is -0.312 e. The number of fused-ring (bicyclic) bond motifs is 1. The predicted molar refractivity (Wildman–Crippen MR) is 78.2 cm³/mol. The van der Waals surface area contributed by atoms with Gasteiger partial charge in [-0.25, -0.2) is 0 Å². The Hall–Kier alpha value is -0.900. The Morgan fingerprint density at radius 3 is 2.47 bits per heavy atom. The molecule has 0 radical (unpaired) electrons. The van der Waals surface area contributed by atoms with E-state index in [-0.39, 0.29) is 0 Å². The SMILES string of the molecule is CCCC(CCC)c1nnc2n1CCNC2C(C)C. The minimum atomic E-state index is 0.360. The second kappa shape index (κ2) is 6.51. The normalized spacial score (nSPS) is 19.2. The quantitative estimate of drug-likeness (QED) is 0.857. The maximum absolute atomic E-state index is 4.54. The van der Waals surface area contributed by atoms with Crippen LogP contribution < -0.4 is 5.32 Å². The molecule has 1 aliphatic heterocycles.